The van der Waals surface area contributed by atoms with Crippen LogP contribution in [-0.4, -0.2) is 5.78 Å². The van der Waals surface area contributed by atoms with Crippen LogP contribution in [0.5, 0.6) is 0 Å². The van der Waals surface area contributed by atoms with Gasteiger partial charge in [-0.2, -0.15) is 0 Å². The summed E-state index contributed by atoms with van der Waals surface area (Å²) in [5.41, 5.74) is 11.6. The minimum atomic E-state index is -0.283. The zero-order valence-corrected chi connectivity index (χ0v) is 34.0. The van der Waals surface area contributed by atoms with Gasteiger partial charge in [-0.3, -0.25) is 4.79 Å². The third-order valence-corrected chi connectivity index (χ3v) is 11.3. The van der Waals surface area contributed by atoms with Gasteiger partial charge in [0.1, 0.15) is 0 Å². The molecule has 0 fully saturated rings. The van der Waals surface area contributed by atoms with E-state index in [-0.39, 0.29) is 11.2 Å². The summed E-state index contributed by atoms with van der Waals surface area (Å²) in [4.78, 5) is 11.9. The van der Waals surface area contributed by atoms with Gasteiger partial charge in [0.2, 0.25) is 0 Å². The second kappa shape index (κ2) is 17.3. The summed E-state index contributed by atoms with van der Waals surface area (Å²) in [5.74, 6) is 0.0584. The molecule has 54 heavy (non-hydrogen) atoms. The van der Waals surface area contributed by atoms with Crippen molar-refractivity contribution in [2.45, 2.75) is 5.41 Å². The van der Waals surface area contributed by atoms with Crippen LogP contribution in [0.15, 0.2) is 226 Å². The Bertz CT molecular complexity index is 2410. The van der Waals surface area contributed by atoms with Gasteiger partial charge in [-0.15, -0.1) is 0 Å². The molecule has 0 saturated heterocycles. The molecule has 0 heterocycles. The fraction of sp³-hybridized carbons (Fsp3) is 0.0200. The molecule has 0 saturated carbocycles. The average Bonchev–Trinajstić information content (AvgIpc) is 3.54. The number of fused-ring (bicyclic) bond motifs is 3. The third kappa shape index (κ3) is 7.88. The summed E-state index contributed by atoms with van der Waals surface area (Å²) < 4.78 is 3.22. The summed E-state index contributed by atoms with van der Waals surface area (Å²) in [6.45, 7) is 0. The van der Waals surface area contributed by atoms with Crippen molar-refractivity contribution in [3.05, 3.63) is 259 Å². The fourth-order valence-corrected chi connectivity index (χ4v) is 8.12. The van der Waals surface area contributed by atoms with Crippen LogP contribution < -0.4 is 0 Å². The molecule has 0 unspecified atom stereocenters. The van der Waals surface area contributed by atoms with Gasteiger partial charge in [-0.05, 0) is 87.0 Å². The molecule has 8 aromatic rings. The zero-order chi connectivity index (χ0) is 37.3. The molecule has 1 aliphatic rings. The Hall–Kier alpha value is -5.13. The Balaban J connectivity index is 0.000000137. The van der Waals surface area contributed by atoms with E-state index in [1.807, 2.05) is 72.8 Å². The second-order valence-corrected chi connectivity index (χ2v) is 15.4. The van der Waals surface area contributed by atoms with Crippen LogP contribution >= 0.6 is 47.8 Å². The highest BCUT2D eigenvalue weighted by atomic mass is 79.9. The van der Waals surface area contributed by atoms with Crippen molar-refractivity contribution < 1.29 is 4.79 Å². The number of carbonyl (C=O) groups excluding carboxylic acids is 1. The van der Waals surface area contributed by atoms with E-state index in [1.54, 1.807) is 0 Å². The molecule has 0 N–H and O–H groups in total. The Morgan fingerprint density at radius 1 is 0.352 bits per heavy atom. The van der Waals surface area contributed by atoms with E-state index < -0.39 is 0 Å². The van der Waals surface area contributed by atoms with Gasteiger partial charge in [0.05, 0.1) is 5.41 Å². The van der Waals surface area contributed by atoms with Gasteiger partial charge >= 0.3 is 0 Å². The van der Waals surface area contributed by atoms with Crippen molar-refractivity contribution in [1.29, 1.82) is 0 Å². The van der Waals surface area contributed by atoms with E-state index in [0.717, 1.165) is 19.0 Å². The number of hydrogen-bond donors (Lipinski definition) is 0. The summed E-state index contributed by atoms with van der Waals surface area (Å²) in [6.07, 6.45) is 0. The molecule has 9 rings (SSSR count). The first-order chi connectivity index (χ1) is 26.5. The highest BCUT2D eigenvalue weighted by molar-refractivity contribution is 9.11. The van der Waals surface area contributed by atoms with Gasteiger partial charge in [0, 0.05) is 24.5 Å². The lowest BCUT2D eigenvalue weighted by molar-refractivity contribution is 0.103. The summed E-state index contributed by atoms with van der Waals surface area (Å²) in [6, 6.07) is 72.5. The highest BCUT2D eigenvalue weighted by Crippen LogP contribution is 2.55. The van der Waals surface area contributed by atoms with Gasteiger partial charge in [0.25, 0.3) is 0 Å². The maximum atomic E-state index is 11.9. The van der Waals surface area contributed by atoms with Crippen LogP contribution in [0.2, 0.25) is 0 Å². The standard InChI is InChI=1S/C25H17Br.C13H9BrO.C12H9Br/c26-20-16-14-19(15-17-20)25(18-8-2-1-3-9-18)23-12-6-4-10-21(23)22-11-5-7-13-24(22)25;14-12-8-6-11(7-9-12)13(15)10-4-2-1-3-5-10;13-12-9-5-4-8-11(12)10-6-2-1-3-7-10/h1-17H;1-9H;1-9H. The molecule has 0 spiro atoms. The molecule has 0 radical (unpaired) electrons. The molecule has 0 bridgehead atoms. The third-order valence-electron chi connectivity index (χ3n) is 9.54. The number of rotatable bonds is 5. The van der Waals surface area contributed by atoms with Crippen molar-refractivity contribution in [3.8, 4) is 22.3 Å². The van der Waals surface area contributed by atoms with Gasteiger partial charge in [-0.1, -0.05) is 218 Å². The van der Waals surface area contributed by atoms with Crippen molar-refractivity contribution >= 4 is 53.6 Å². The average molecular weight is 892 g/mol. The van der Waals surface area contributed by atoms with Crippen LogP contribution in [0.1, 0.15) is 38.2 Å². The zero-order valence-electron chi connectivity index (χ0n) is 29.2. The quantitative estimate of drug-likeness (QED) is 0.157. The van der Waals surface area contributed by atoms with Gasteiger partial charge in [0.15, 0.2) is 5.78 Å². The van der Waals surface area contributed by atoms with Crippen molar-refractivity contribution in [2.24, 2.45) is 0 Å². The lowest BCUT2D eigenvalue weighted by Crippen LogP contribution is -2.28. The number of ketones is 1. The Kier molecular flexibility index (Phi) is 11.9. The minimum absolute atomic E-state index is 0.0584. The van der Waals surface area contributed by atoms with E-state index in [1.165, 1.54) is 44.5 Å². The number of carbonyl (C=O) groups is 1. The molecule has 1 nitrogen and oxygen atoms in total. The van der Waals surface area contributed by atoms with Crippen molar-refractivity contribution in [3.63, 3.8) is 0 Å². The van der Waals surface area contributed by atoms with Crippen LogP contribution in [0.3, 0.4) is 0 Å². The van der Waals surface area contributed by atoms with Crippen molar-refractivity contribution in [1.82, 2.24) is 0 Å². The maximum absolute atomic E-state index is 11.9. The Morgan fingerprint density at radius 2 is 0.741 bits per heavy atom. The Labute approximate surface area is 342 Å². The van der Waals surface area contributed by atoms with Crippen LogP contribution in [0.4, 0.5) is 0 Å². The first-order valence-corrected chi connectivity index (χ1v) is 20.0. The maximum Gasteiger partial charge on any atom is 0.193 e. The molecule has 4 heteroatoms. The largest absolute Gasteiger partial charge is 0.289 e. The molecule has 0 aromatic heterocycles. The molecular formula is C50H35Br3O. The molecule has 262 valence electrons. The first kappa shape index (κ1) is 37.2. The van der Waals surface area contributed by atoms with E-state index >= 15 is 0 Å². The monoisotopic (exact) mass is 888 g/mol. The van der Waals surface area contributed by atoms with E-state index in [0.29, 0.717) is 5.56 Å². The van der Waals surface area contributed by atoms with E-state index in [4.69, 9.17) is 0 Å². The predicted octanol–water partition coefficient (Wildman–Crippen LogP) is 14.6. The molecule has 8 aromatic carbocycles. The van der Waals surface area contributed by atoms with Crippen molar-refractivity contribution in [2.75, 3.05) is 0 Å². The van der Waals surface area contributed by atoms with Gasteiger partial charge < -0.3 is 0 Å². The smallest absolute Gasteiger partial charge is 0.193 e. The molecular weight excluding hydrogens is 856 g/mol. The lowest BCUT2D eigenvalue weighted by atomic mass is 9.68. The lowest BCUT2D eigenvalue weighted by Gasteiger charge is -2.33. The first-order valence-electron chi connectivity index (χ1n) is 17.6. The van der Waals surface area contributed by atoms with Crippen LogP contribution in [-0.2, 0) is 5.41 Å². The van der Waals surface area contributed by atoms with Gasteiger partial charge in [-0.25, -0.2) is 0 Å². The van der Waals surface area contributed by atoms with Crippen LogP contribution in [0.25, 0.3) is 22.3 Å². The molecule has 0 atom stereocenters. The normalized spacial score (nSPS) is 11.8. The van der Waals surface area contributed by atoms with E-state index in [9.17, 15) is 4.79 Å². The second-order valence-electron chi connectivity index (χ2n) is 12.8. The van der Waals surface area contributed by atoms with E-state index in [2.05, 4.69) is 187 Å². The number of hydrogen-bond acceptors (Lipinski definition) is 1. The minimum Gasteiger partial charge on any atom is -0.289 e. The SMILES string of the molecule is Brc1ccc(C2(c3ccccc3)c3ccccc3-c3ccccc32)cc1.Brc1ccccc1-c1ccccc1.O=C(c1ccccc1)c1ccc(Br)cc1. The summed E-state index contributed by atoms with van der Waals surface area (Å²) in [5, 5.41) is 0. The number of halogens is 3. The highest BCUT2D eigenvalue weighted by Gasteiger charge is 2.45. The molecule has 0 aliphatic heterocycles. The Morgan fingerprint density at radius 3 is 1.28 bits per heavy atom. The summed E-state index contributed by atoms with van der Waals surface area (Å²) in [7, 11) is 0. The fourth-order valence-electron chi connectivity index (χ4n) is 7.08. The summed E-state index contributed by atoms with van der Waals surface area (Å²) >= 11 is 10.5. The molecule has 1 aliphatic carbocycles. The number of benzene rings is 8. The van der Waals surface area contributed by atoms with Crippen LogP contribution in [0, 0.1) is 0 Å². The predicted molar refractivity (Wildman–Crippen MR) is 235 cm³/mol. The topological polar surface area (TPSA) is 17.1 Å². The molecule has 0 amide bonds.